The third kappa shape index (κ3) is 72.2. The van der Waals surface area contributed by atoms with E-state index >= 15 is 0 Å². The van der Waals surface area contributed by atoms with E-state index in [0.717, 1.165) is 128 Å². The van der Waals surface area contributed by atoms with Crippen LogP contribution in [0.2, 0.25) is 0 Å². The number of likely N-dealkylation sites (N-methyl/N-ethyl adjacent to an activating group) is 1. The summed E-state index contributed by atoms with van der Waals surface area (Å²) in [6, 6.07) is 0. The van der Waals surface area contributed by atoms with Crippen LogP contribution in [0.4, 0.5) is 0 Å². The van der Waals surface area contributed by atoms with Gasteiger partial charge in [-0.15, -0.1) is 0 Å². The van der Waals surface area contributed by atoms with Crippen LogP contribution in [-0.4, -0.2) is 74.9 Å². The van der Waals surface area contributed by atoms with Crippen LogP contribution in [0.25, 0.3) is 0 Å². The molecule has 2 unspecified atom stereocenters. The predicted molar refractivity (Wildman–Crippen MR) is 389 cm³/mol. The highest BCUT2D eigenvalue weighted by atomic mass is 31.2. The van der Waals surface area contributed by atoms with Gasteiger partial charge < -0.3 is 18.9 Å². The van der Waals surface area contributed by atoms with E-state index in [1.54, 1.807) is 0 Å². The zero-order valence-corrected chi connectivity index (χ0v) is 58.7. The van der Waals surface area contributed by atoms with Crippen molar-refractivity contribution in [2.45, 2.75) is 264 Å². The van der Waals surface area contributed by atoms with Gasteiger partial charge in [-0.1, -0.05) is 292 Å². The Morgan fingerprint density at radius 2 is 0.600 bits per heavy atom. The Bertz CT molecular complexity index is 2170. The number of hydrogen-bond acceptors (Lipinski definition) is 7. The van der Waals surface area contributed by atoms with Crippen LogP contribution >= 0.6 is 7.82 Å². The maximum atomic E-state index is 12.9. The number of carbonyl (C=O) groups excluding carboxylic acids is 2. The number of rotatable bonds is 63. The minimum Gasteiger partial charge on any atom is -0.462 e. The summed E-state index contributed by atoms with van der Waals surface area (Å²) in [6.45, 7) is 4.15. The van der Waals surface area contributed by atoms with Gasteiger partial charge in [0.2, 0.25) is 0 Å². The average molecular weight is 1270 g/mol. The fourth-order valence-corrected chi connectivity index (χ4v) is 9.81. The fourth-order valence-electron chi connectivity index (χ4n) is 9.07. The van der Waals surface area contributed by atoms with E-state index in [9.17, 15) is 19.0 Å². The molecule has 0 saturated heterocycles. The van der Waals surface area contributed by atoms with Crippen molar-refractivity contribution in [2.75, 3.05) is 47.5 Å². The number of phosphoric ester groups is 1. The summed E-state index contributed by atoms with van der Waals surface area (Å²) < 4.78 is 34.7. The van der Waals surface area contributed by atoms with Crippen LogP contribution in [-0.2, 0) is 32.7 Å². The molecule has 0 rings (SSSR count). The molecular weight excluding hydrogens is 1130 g/mol. The molecule has 0 aromatic carbocycles. The van der Waals surface area contributed by atoms with Crippen LogP contribution in [0.15, 0.2) is 182 Å². The van der Waals surface area contributed by atoms with E-state index in [1.165, 1.54) is 96.3 Å². The summed E-state index contributed by atoms with van der Waals surface area (Å²) >= 11 is 0. The number of unbranched alkanes of at least 4 members (excludes halogenated alkanes) is 19. The summed E-state index contributed by atoms with van der Waals surface area (Å²) in [5.41, 5.74) is 0. The summed E-state index contributed by atoms with van der Waals surface area (Å²) in [5.74, 6) is -0.857. The second kappa shape index (κ2) is 68.5. The molecule has 0 radical (unpaired) electrons. The number of phosphoric acid groups is 1. The minimum absolute atomic E-state index is 0.0140. The first kappa shape index (κ1) is 85.1. The predicted octanol–water partition coefficient (Wildman–Crippen LogP) is 23.5. The van der Waals surface area contributed by atoms with Gasteiger partial charge in [-0.05, 0) is 135 Å². The van der Waals surface area contributed by atoms with Crippen molar-refractivity contribution in [1.82, 2.24) is 0 Å². The molecule has 508 valence electrons. The summed E-state index contributed by atoms with van der Waals surface area (Å²) in [4.78, 5) is 35.9. The third-order valence-electron chi connectivity index (χ3n) is 14.4. The third-order valence-corrected chi connectivity index (χ3v) is 15.4. The summed E-state index contributed by atoms with van der Waals surface area (Å²) in [7, 11) is 1.43. The first-order valence-electron chi connectivity index (χ1n) is 35.5. The van der Waals surface area contributed by atoms with Crippen LogP contribution in [0.5, 0.6) is 0 Å². The van der Waals surface area contributed by atoms with Gasteiger partial charge in [0.15, 0.2) is 6.10 Å². The van der Waals surface area contributed by atoms with Crippen LogP contribution in [0, 0.1) is 0 Å². The molecule has 0 aliphatic carbocycles. The molecule has 0 saturated carbocycles. The topological polar surface area (TPSA) is 108 Å². The second-order valence-corrected chi connectivity index (χ2v) is 25.6. The summed E-state index contributed by atoms with van der Waals surface area (Å²) in [6.07, 6.45) is 106. The van der Waals surface area contributed by atoms with E-state index in [1.807, 2.05) is 21.1 Å². The van der Waals surface area contributed by atoms with Gasteiger partial charge in [0.05, 0.1) is 27.7 Å². The number of ether oxygens (including phenoxy) is 2. The Balaban J connectivity index is 4.17. The number of quaternary nitrogens is 1. The van der Waals surface area contributed by atoms with Crippen molar-refractivity contribution >= 4 is 19.8 Å². The molecule has 90 heavy (non-hydrogen) atoms. The standard InChI is InChI=1S/C80H130NO8P/c1-6-8-10-12-14-16-18-20-22-24-26-28-30-32-34-36-38-40-42-44-46-48-50-52-54-56-58-60-62-64-66-68-70-72-79(82)86-76-78(77-88-90(84,85)87-75-74-81(3,4)5)89-80(83)73-71-69-67-65-63-61-59-57-55-53-51-49-47-45-43-41-39-37-35-33-31-29-27-25-23-21-19-17-15-13-11-9-7-2/h8-11,14-17,20-23,26-29,32-35,39,41,45,47,51,53,57,59,63,65,78H,6-7,12-13,18-19,24-25,30-31,36-38,40,42-44,46,48-50,52,54-56,58,60-62,64,66-77H2,1-5H3/p+1/b10-8-,11-9-,16-14-,17-15-,22-20-,23-21-,28-26-,29-27-,34-32-,35-33-,41-39-,47-45-,53-51-,59-57-,65-63-. The van der Waals surface area contributed by atoms with E-state index in [-0.39, 0.29) is 32.0 Å². The van der Waals surface area contributed by atoms with E-state index in [0.29, 0.717) is 17.4 Å². The molecule has 0 bridgehead atoms. The molecule has 2 atom stereocenters. The van der Waals surface area contributed by atoms with Gasteiger partial charge in [0.25, 0.3) is 0 Å². The molecule has 1 N–H and O–H groups in total. The Labute approximate surface area is 552 Å². The molecule has 0 aliphatic heterocycles. The molecule has 9 nitrogen and oxygen atoms in total. The highest BCUT2D eigenvalue weighted by Gasteiger charge is 2.27. The average Bonchev–Trinajstić information content (AvgIpc) is 3.58. The van der Waals surface area contributed by atoms with Gasteiger partial charge in [-0.25, -0.2) is 4.57 Å². The van der Waals surface area contributed by atoms with Gasteiger partial charge >= 0.3 is 19.8 Å². The Morgan fingerprint density at radius 1 is 0.344 bits per heavy atom. The Hall–Kier alpha value is -4.89. The largest absolute Gasteiger partial charge is 0.472 e. The monoisotopic (exact) mass is 1260 g/mol. The van der Waals surface area contributed by atoms with E-state index in [4.69, 9.17) is 18.5 Å². The number of esters is 2. The molecule has 0 aromatic heterocycles. The van der Waals surface area contributed by atoms with Gasteiger partial charge in [-0.2, -0.15) is 0 Å². The summed E-state index contributed by atoms with van der Waals surface area (Å²) in [5, 5.41) is 0. The molecule has 0 aliphatic rings. The SMILES string of the molecule is CC/C=C\C/C=C\C/C=C\C/C=C\C/C=C\C/C=C\C/C=C\C/C=C\C/C=C\C/C=C\CCCCC(=O)OC(COC(=O)CCCCCCCCCCCCCCCCCCC/C=C\C/C=C\C/C=C\C/C=C\C/C=C\CC)COP(=O)(O)OCC[N+](C)(C)C. The number of nitrogens with zero attached hydrogens (tertiary/aromatic N) is 1. The van der Waals surface area contributed by atoms with Crippen molar-refractivity contribution in [3.05, 3.63) is 182 Å². The lowest BCUT2D eigenvalue weighted by Gasteiger charge is -2.24. The van der Waals surface area contributed by atoms with Crippen LogP contribution in [0.1, 0.15) is 258 Å². The smallest absolute Gasteiger partial charge is 0.462 e. The van der Waals surface area contributed by atoms with Crippen molar-refractivity contribution in [1.29, 1.82) is 0 Å². The quantitative estimate of drug-likeness (QED) is 0.0211. The first-order chi connectivity index (χ1) is 44.0. The molecule has 10 heteroatoms. The number of carbonyl (C=O) groups is 2. The lowest BCUT2D eigenvalue weighted by molar-refractivity contribution is -0.870. The normalized spacial score (nSPS) is 14.2. The van der Waals surface area contributed by atoms with Crippen LogP contribution in [0.3, 0.4) is 0 Å². The molecule has 0 heterocycles. The highest BCUT2D eigenvalue weighted by Crippen LogP contribution is 2.43. The second-order valence-electron chi connectivity index (χ2n) is 24.2. The number of allylic oxidation sites excluding steroid dienone is 30. The van der Waals surface area contributed by atoms with Gasteiger partial charge in [0.1, 0.15) is 19.8 Å². The molecule has 0 amide bonds. The molecule has 0 aromatic rings. The lowest BCUT2D eigenvalue weighted by atomic mass is 10.0. The van der Waals surface area contributed by atoms with Crippen molar-refractivity contribution in [3.63, 3.8) is 0 Å². The molecular formula is C80H131NO8P+. The zero-order valence-electron chi connectivity index (χ0n) is 57.8. The van der Waals surface area contributed by atoms with Crippen molar-refractivity contribution in [3.8, 4) is 0 Å². The fraction of sp³-hybridized carbons (Fsp3) is 0.600. The highest BCUT2D eigenvalue weighted by molar-refractivity contribution is 7.47. The van der Waals surface area contributed by atoms with Crippen molar-refractivity contribution < 1.29 is 42.1 Å². The lowest BCUT2D eigenvalue weighted by Crippen LogP contribution is -2.37. The molecule has 0 fully saturated rings. The van der Waals surface area contributed by atoms with Gasteiger partial charge in [0, 0.05) is 12.8 Å². The first-order valence-corrected chi connectivity index (χ1v) is 37.0. The maximum absolute atomic E-state index is 12.9. The minimum atomic E-state index is -4.42. The Morgan fingerprint density at radius 3 is 0.911 bits per heavy atom. The Kier molecular flexibility index (Phi) is 64.8. The number of hydrogen-bond donors (Lipinski definition) is 1. The zero-order chi connectivity index (χ0) is 65.5. The van der Waals surface area contributed by atoms with Crippen molar-refractivity contribution in [2.24, 2.45) is 0 Å². The van der Waals surface area contributed by atoms with E-state index < -0.39 is 26.5 Å². The van der Waals surface area contributed by atoms with Crippen LogP contribution < -0.4 is 0 Å². The van der Waals surface area contributed by atoms with E-state index in [2.05, 4.69) is 196 Å². The molecule has 0 spiro atoms. The maximum Gasteiger partial charge on any atom is 0.472 e. The van der Waals surface area contributed by atoms with Gasteiger partial charge in [-0.3, -0.25) is 18.6 Å².